The third-order valence-electron chi connectivity index (χ3n) is 2.99. The summed E-state index contributed by atoms with van der Waals surface area (Å²) >= 11 is 1.78. The molecule has 1 saturated carbocycles. The molecule has 18 heavy (non-hydrogen) atoms. The zero-order chi connectivity index (χ0) is 12.4. The number of nitrogens with two attached hydrogens (primary N) is 1. The van der Waals surface area contributed by atoms with Crippen molar-refractivity contribution in [2.45, 2.75) is 25.4 Å². The molecule has 5 nitrogen and oxygen atoms in total. The molecule has 0 atom stereocenters. The van der Waals surface area contributed by atoms with Crippen molar-refractivity contribution >= 4 is 23.0 Å². The molecule has 1 aliphatic carbocycles. The van der Waals surface area contributed by atoms with Gasteiger partial charge in [-0.15, -0.1) is 11.3 Å². The van der Waals surface area contributed by atoms with E-state index >= 15 is 0 Å². The van der Waals surface area contributed by atoms with Gasteiger partial charge in [0.2, 0.25) is 0 Å². The molecule has 94 valence electrons. The number of hydrogen-bond acceptors (Lipinski definition) is 6. The van der Waals surface area contributed by atoms with Gasteiger partial charge >= 0.3 is 0 Å². The lowest BCUT2D eigenvalue weighted by molar-refractivity contribution is 0.783. The van der Waals surface area contributed by atoms with Crippen LogP contribution in [0.2, 0.25) is 0 Å². The van der Waals surface area contributed by atoms with Gasteiger partial charge < -0.3 is 10.3 Å². The molecule has 2 aromatic heterocycles. The van der Waals surface area contributed by atoms with Crippen LogP contribution in [0.25, 0.3) is 0 Å². The average Bonchev–Trinajstić information content (AvgIpc) is 3.13. The van der Waals surface area contributed by atoms with Gasteiger partial charge in [0.15, 0.2) is 0 Å². The van der Waals surface area contributed by atoms with E-state index in [1.54, 1.807) is 17.7 Å². The van der Waals surface area contributed by atoms with E-state index in [-0.39, 0.29) is 0 Å². The highest BCUT2D eigenvalue weighted by atomic mass is 32.1. The van der Waals surface area contributed by atoms with Gasteiger partial charge in [-0.05, 0) is 24.3 Å². The topological polar surface area (TPSA) is 67.1 Å². The number of nitrogens with one attached hydrogen (secondary N) is 1. The second-order valence-corrected chi connectivity index (χ2v) is 5.38. The fourth-order valence-corrected chi connectivity index (χ4v) is 2.64. The van der Waals surface area contributed by atoms with E-state index in [1.807, 2.05) is 6.07 Å². The van der Waals surface area contributed by atoms with Crippen LogP contribution < -0.4 is 16.2 Å². The van der Waals surface area contributed by atoms with Crippen LogP contribution in [0.15, 0.2) is 29.9 Å². The molecule has 0 amide bonds. The van der Waals surface area contributed by atoms with Gasteiger partial charge in [-0.2, -0.15) is 0 Å². The van der Waals surface area contributed by atoms with Crippen molar-refractivity contribution in [1.29, 1.82) is 0 Å². The van der Waals surface area contributed by atoms with Crippen LogP contribution in [-0.2, 0) is 6.54 Å². The summed E-state index contributed by atoms with van der Waals surface area (Å²) in [7, 11) is 0. The summed E-state index contributed by atoms with van der Waals surface area (Å²) in [4.78, 5) is 12.1. The van der Waals surface area contributed by atoms with Gasteiger partial charge in [0, 0.05) is 17.0 Å². The van der Waals surface area contributed by atoms with Crippen LogP contribution in [0.5, 0.6) is 0 Å². The maximum Gasteiger partial charge on any atom is 0.145 e. The van der Waals surface area contributed by atoms with Crippen molar-refractivity contribution in [3.63, 3.8) is 0 Å². The maximum atomic E-state index is 5.39. The third kappa shape index (κ3) is 2.44. The zero-order valence-electron chi connectivity index (χ0n) is 9.91. The number of anilines is 2. The SMILES string of the molecule is NNc1cc(N(Cc2cccs2)C2CC2)ncn1. The molecule has 0 spiro atoms. The van der Waals surface area contributed by atoms with Gasteiger partial charge in [-0.3, -0.25) is 0 Å². The van der Waals surface area contributed by atoms with Crippen LogP contribution in [0, 0.1) is 0 Å². The summed E-state index contributed by atoms with van der Waals surface area (Å²) in [5, 5.41) is 2.10. The van der Waals surface area contributed by atoms with E-state index in [0.29, 0.717) is 11.9 Å². The Morgan fingerprint density at radius 1 is 1.44 bits per heavy atom. The Hall–Kier alpha value is -1.66. The Kier molecular flexibility index (Phi) is 3.12. The lowest BCUT2D eigenvalue weighted by Crippen LogP contribution is -2.26. The summed E-state index contributed by atoms with van der Waals surface area (Å²) in [5.41, 5.74) is 2.57. The molecule has 0 bridgehead atoms. The lowest BCUT2D eigenvalue weighted by atomic mass is 10.3. The van der Waals surface area contributed by atoms with Crippen molar-refractivity contribution in [2.75, 3.05) is 10.3 Å². The minimum atomic E-state index is 0.604. The molecule has 2 heterocycles. The molecule has 1 aliphatic rings. The highest BCUT2D eigenvalue weighted by Gasteiger charge is 2.30. The molecule has 0 aromatic carbocycles. The smallest absolute Gasteiger partial charge is 0.145 e. The quantitative estimate of drug-likeness (QED) is 0.636. The van der Waals surface area contributed by atoms with Crippen molar-refractivity contribution in [2.24, 2.45) is 5.84 Å². The van der Waals surface area contributed by atoms with Crippen LogP contribution in [0.1, 0.15) is 17.7 Å². The van der Waals surface area contributed by atoms with E-state index in [1.165, 1.54) is 17.7 Å². The molecule has 0 aliphatic heterocycles. The van der Waals surface area contributed by atoms with Crippen LogP contribution in [0.3, 0.4) is 0 Å². The Labute approximate surface area is 110 Å². The number of hydrogen-bond donors (Lipinski definition) is 2. The fourth-order valence-electron chi connectivity index (χ4n) is 1.94. The molecular formula is C12H15N5S. The first-order valence-electron chi connectivity index (χ1n) is 5.94. The van der Waals surface area contributed by atoms with Gasteiger partial charge in [0.25, 0.3) is 0 Å². The summed E-state index contributed by atoms with van der Waals surface area (Å²) in [5.74, 6) is 6.98. The Morgan fingerprint density at radius 3 is 3.00 bits per heavy atom. The van der Waals surface area contributed by atoms with Crippen LogP contribution in [0.4, 0.5) is 11.6 Å². The number of nitrogen functional groups attached to an aromatic ring is 1. The predicted octanol–water partition coefficient (Wildman–Crippen LogP) is 1.99. The normalized spacial score (nSPS) is 14.5. The summed E-state index contributed by atoms with van der Waals surface area (Å²) < 4.78 is 0. The van der Waals surface area contributed by atoms with Crippen molar-refractivity contribution in [3.8, 4) is 0 Å². The first kappa shape index (κ1) is 11.4. The predicted molar refractivity (Wildman–Crippen MR) is 73.4 cm³/mol. The first-order chi connectivity index (χ1) is 8.86. The maximum absolute atomic E-state index is 5.39. The summed E-state index contributed by atoms with van der Waals surface area (Å²) in [6, 6.07) is 6.74. The number of rotatable bonds is 5. The highest BCUT2D eigenvalue weighted by molar-refractivity contribution is 7.09. The monoisotopic (exact) mass is 261 g/mol. The molecule has 3 N–H and O–H groups in total. The molecule has 0 saturated heterocycles. The first-order valence-corrected chi connectivity index (χ1v) is 6.82. The molecular weight excluding hydrogens is 246 g/mol. The van der Waals surface area contributed by atoms with E-state index in [2.05, 4.69) is 37.8 Å². The number of nitrogens with zero attached hydrogens (tertiary/aromatic N) is 3. The molecule has 2 aromatic rings. The lowest BCUT2D eigenvalue weighted by Gasteiger charge is -2.22. The molecule has 1 fully saturated rings. The largest absolute Gasteiger partial charge is 0.348 e. The molecule has 0 unspecified atom stereocenters. The third-order valence-corrected chi connectivity index (χ3v) is 3.85. The highest BCUT2D eigenvalue weighted by Crippen LogP contribution is 2.33. The van der Waals surface area contributed by atoms with E-state index in [4.69, 9.17) is 5.84 Å². The van der Waals surface area contributed by atoms with E-state index in [9.17, 15) is 0 Å². The van der Waals surface area contributed by atoms with Crippen molar-refractivity contribution in [1.82, 2.24) is 9.97 Å². The Morgan fingerprint density at radius 2 is 2.33 bits per heavy atom. The van der Waals surface area contributed by atoms with Crippen LogP contribution >= 0.6 is 11.3 Å². The Balaban J connectivity index is 1.84. The summed E-state index contributed by atoms with van der Waals surface area (Å²) in [6.07, 6.45) is 4.02. The van der Waals surface area contributed by atoms with E-state index < -0.39 is 0 Å². The van der Waals surface area contributed by atoms with Gasteiger partial charge in [0.05, 0.1) is 6.54 Å². The minimum Gasteiger partial charge on any atom is -0.348 e. The molecule has 6 heteroatoms. The number of hydrazine groups is 1. The summed E-state index contributed by atoms with van der Waals surface area (Å²) in [6.45, 7) is 0.906. The van der Waals surface area contributed by atoms with Crippen molar-refractivity contribution < 1.29 is 0 Å². The zero-order valence-corrected chi connectivity index (χ0v) is 10.7. The molecule has 0 radical (unpaired) electrons. The molecule has 3 rings (SSSR count). The van der Waals surface area contributed by atoms with Crippen LogP contribution in [-0.4, -0.2) is 16.0 Å². The van der Waals surface area contributed by atoms with Gasteiger partial charge in [-0.1, -0.05) is 6.07 Å². The number of aromatic nitrogens is 2. The number of thiophene rings is 1. The average molecular weight is 261 g/mol. The van der Waals surface area contributed by atoms with Gasteiger partial charge in [0.1, 0.15) is 18.0 Å². The van der Waals surface area contributed by atoms with E-state index in [0.717, 1.165) is 12.4 Å². The second-order valence-electron chi connectivity index (χ2n) is 4.34. The van der Waals surface area contributed by atoms with Crippen molar-refractivity contribution in [3.05, 3.63) is 34.8 Å². The Bertz CT molecular complexity index is 509. The van der Waals surface area contributed by atoms with Gasteiger partial charge in [-0.25, -0.2) is 15.8 Å². The second kappa shape index (κ2) is 4.91. The minimum absolute atomic E-state index is 0.604. The standard InChI is InChI=1S/C12H15N5S/c13-16-11-6-12(15-8-14-11)17(9-3-4-9)7-10-2-1-5-18-10/h1-2,5-6,8-9H,3-4,7,13H2,(H,14,15,16). The fraction of sp³-hybridized carbons (Fsp3) is 0.333.